The first kappa shape index (κ1) is 38.6. The van der Waals surface area contributed by atoms with Crippen molar-refractivity contribution in [3.05, 3.63) is 35.1 Å². The Morgan fingerprint density at radius 2 is 1.75 bits per heavy atom. The van der Waals surface area contributed by atoms with Crippen molar-refractivity contribution in [1.82, 2.24) is 25.2 Å². The molecule has 0 aromatic heterocycles. The zero-order valence-electron chi connectivity index (χ0n) is 29.9. The third kappa shape index (κ3) is 8.83. The Bertz CT molecular complexity index is 1770. The van der Waals surface area contributed by atoms with E-state index in [9.17, 15) is 36.8 Å². The molecule has 0 radical (unpaired) electrons. The van der Waals surface area contributed by atoms with Gasteiger partial charge in [-0.3, -0.25) is 24.0 Å². The van der Waals surface area contributed by atoms with Gasteiger partial charge in [0.25, 0.3) is 5.91 Å². The van der Waals surface area contributed by atoms with Crippen molar-refractivity contribution in [1.29, 1.82) is 0 Å². The first-order valence-corrected chi connectivity index (χ1v) is 19.6. The number of amides is 5. The van der Waals surface area contributed by atoms with Crippen molar-refractivity contribution in [2.45, 2.75) is 139 Å². The summed E-state index contributed by atoms with van der Waals surface area (Å²) in [4.78, 5) is 70.5. The molecule has 0 spiro atoms. The highest BCUT2D eigenvalue weighted by molar-refractivity contribution is 7.91. The summed E-state index contributed by atoms with van der Waals surface area (Å²) < 4.78 is 83.4. The third-order valence-corrected chi connectivity index (χ3v) is 12.3. The number of hydrogen-bond donors (Lipinski definition) is 3. The van der Waals surface area contributed by atoms with Gasteiger partial charge >= 0.3 is 12.2 Å². The van der Waals surface area contributed by atoms with E-state index in [1.165, 1.54) is 17.0 Å². The number of hydrogen-bond acceptors (Lipinski definition) is 9. The molecule has 5 aliphatic rings. The fraction of sp³-hybridized carbons (Fsp3) is 0.686. The number of rotatable bonds is 5. The van der Waals surface area contributed by atoms with Crippen LogP contribution in [0.3, 0.4) is 0 Å². The Morgan fingerprint density at radius 3 is 2.43 bits per heavy atom. The largest absolute Gasteiger partial charge is 0.444 e. The SMILES string of the molecule is CC(C)(C)OC(=O)NC1CCC(F)(F)CCCCC2CC2(C(=O)NS(=O)(=O)C2CC2)NC(=O)C2CC(OC(=O)N3Cc4cccc(F)c4C3)CN2C1=O. The quantitative estimate of drug-likeness (QED) is 0.403. The number of halogens is 3. The molecule has 2 saturated carbocycles. The summed E-state index contributed by atoms with van der Waals surface area (Å²) in [5.41, 5.74) is -1.75. The van der Waals surface area contributed by atoms with Crippen molar-refractivity contribution < 1.29 is 55.0 Å². The number of carbonyl (C=O) groups excluding carboxylic acids is 5. The highest BCUT2D eigenvalue weighted by Crippen LogP contribution is 2.48. The maximum Gasteiger partial charge on any atom is 0.410 e. The Morgan fingerprint density at radius 1 is 1.02 bits per heavy atom. The van der Waals surface area contributed by atoms with Crippen LogP contribution in [-0.2, 0) is 47.0 Å². The molecule has 1 aromatic rings. The van der Waals surface area contributed by atoms with Crippen molar-refractivity contribution in [2.24, 2.45) is 5.92 Å². The van der Waals surface area contributed by atoms with E-state index in [-0.39, 0.29) is 51.7 Å². The van der Waals surface area contributed by atoms with Crippen LogP contribution in [0, 0.1) is 11.7 Å². The lowest BCUT2D eigenvalue weighted by Gasteiger charge is -2.31. The zero-order valence-corrected chi connectivity index (χ0v) is 30.7. The molecule has 1 aromatic carbocycles. The summed E-state index contributed by atoms with van der Waals surface area (Å²) in [6, 6.07) is 1.49. The minimum absolute atomic E-state index is 0.0507. The summed E-state index contributed by atoms with van der Waals surface area (Å²) in [6.45, 7) is 4.36. The molecule has 6 rings (SSSR count). The minimum Gasteiger partial charge on any atom is -0.444 e. The van der Waals surface area contributed by atoms with E-state index in [0.29, 0.717) is 24.0 Å². The van der Waals surface area contributed by atoms with Gasteiger partial charge < -0.3 is 25.0 Å². The summed E-state index contributed by atoms with van der Waals surface area (Å²) in [5, 5.41) is 4.35. The Hall–Kier alpha value is -4.09. The normalized spacial score (nSPS) is 29.0. The van der Waals surface area contributed by atoms with E-state index in [1.807, 2.05) is 0 Å². The third-order valence-electron chi connectivity index (χ3n) is 10.5. The number of carbonyl (C=O) groups is 5. The van der Waals surface area contributed by atoms with Gasteiger partial charge in [-0.05, 0) is 76.8 Å². The smallest absolute Gasteiger partial charge is 0.410 e. The molecule has 4 fully saturated rings. The van der Waals surface area contributed by atoms with Crippen LogP contribution in [0.4, 0.5) is 22.8 Å². The van der Waals surface area contributed by atoms with Gasteiger partial charge in [-0.1, -0.05) is 18.6 Å². The standard InChI is InChI=1S/C35H46F3N5O9S/c1-33(2,3)52-31(47)39-26-12-14-34(37,38)13-5-4-8-21-16-35(21,30(46)41-53(49,50)23-10-11-23)40-28(44)27-15-22(18-43(27)29(26)45)51-32(48)42-17-20-7-6-9-25(36)24(20)19-42/h6-7,9,21-23,26-27H,4-5,8,10-19H2,1-3H3,(H,39,47)(H,40,44)(H,41,46). The first-order valence-electron chi connectivity index (χ1n) is 18.0. The maximum atomic E-state index is 15.2. The fourth-order valence-corrected chi connectivity index (χ4v) is 8.78. The lowest BCUT2D eigenvalue weighted by Crippen LogP contribution is -2.58. The van der Waals surface area contributed by atoms with E-state index in [2.05, 4.69) is 15.4 Å². The zero-order chi connectivity index (χ0) is 38.5. The number of sulfonamides is 1. The van der Waals surface area contributed by atoms with E-state index in [4.69, 9.17) is 9.47 Å². The van der Waals surface area contributed by atoms with Crippen LogP contribution in [-0.4, -0.2) is 95.2 Å². The highest BCUT2D eigenvalue weighted by atomic mass is 32.2. The van der Waals surface area contributed by atoms with Gasteiger partial charge in [-0.2, -0.15) is 0 Å². The molecule has 5 amide bonds. The second kappa shape index (κ2) is 14.3. The molecule has 292 valence electrons. The highest BCUT2D eigenvalue weighted by Gasteiger charge is 2.62. The van der Waals surface area contributed by atoms with E-state index in [1.54, 1.807) is 26.8 Å². The molecule has 3 aliphatic heterocycles. The Labute approximate surface area is 305 Å². The predicted octanol–water partition coefficient (Wildman–Crippen LogP) is 3.61. The fourth-order valence-electron chi connectivity index (χ4n) is 7.42. The maximum absolute atomic E-state index is 15.2. The Balaban J connectivity index is 1.27. The van der Waals surface area contributed by atoms with Crippen LogP contribution in [0.15, 0.2) is 18.2 Å². The minimum atomic E-state index is -4.01. The molecule has 2 saturated heterocycles. The van der Waals surface area contributed by atoms with Crippen LogP contribution in [0.1, 0.15) is 96.1 Å². The molecule has 53 heavy (non-hydrogen) atoms. The monoisotopic (exact) mass is 769 g/mol. The van der Waals surface area contributed by atoms with Crippen molar-refractivity contribution >= 4 is 39.9 Å². The number of ether oxygens (including phenoxy) is 2. The molecule has 2 aliphatic carbocycles. The van der Waals surface area contributed by atoms with Gasteiger partial charge in [-0.25, -0.2) is 31.2 Å². The van der Waals surface area contributed by atoms with Crippen LogP contribution in [0.5, 0.6) is 0 Å². The van der Waals surface area contributed by atoms with Crippen LogP contribution < -0.4 is 15.4 Å². The van der Waals surface area contributed by atoms with E-state index < -0.39 is 111 Å². The van der Waals surface area contributed by atoms with Gasteiger partial charge in [0.1, 0.15) is 35.1 Å². The second-order valence-electron chi connectivity index (χ2n) is 15.9. The van der Waals surface area contributed by atoms with Crippen molar-refractivity contribution in [3.63, 3.8) is 0 Å². The number of nitrogens with one attached hydrogen (secondary N) is 3. The molecule has 18 heteroatoms. The van der Waals surface area contributed by atoms with Gasteiger partial charge in [0.2, 0.25) is 27.8 Å². The average molecular weight is 770 g/mol. The van der Waals surface area contributed by atoms with Crippen molar-refractivity contribution in [2.75, 3.05) is 6.54 Å². The van der Waals surface area contributed by atoms with E-state index >= 15 is 8.78 Å². The van der Waals surface area contributed by atoms with Gasteiger partial charge in [0.15, 0.2) is 0 Å². The van der Waals surface area contributed by atoms with E-state index in [0.717, 1.165) is 4.90 Å². The van der Waals surface area contributed by atoms with Crippen molar-refractivity contribution in [3.8, 4) is 0 Å². The molecule has 5 unspecified atom stereocenters. The summed E-state index contributed by atoms with van der Waals surface area (Å²) in [7, 11) is -4.01. The predicted molar refractivity (Wildman–Crippen MR) is 181 cm³/mol. The molecule has 3 N–H and O–H groups in total. The molecule has 5 atom stereocenters. The van der Waals surface area contributed by atoms with Gasteiger partial charge in [0.05, 0.1) is 18.3 Å². The van der Waals surface area contributed by atoms with Crippen LogP contribution >= 0.6 is 0 Å². The van der Waals surface area contributed by atoms with Gasteiger partial charge in [0, 0.05) is 31.4 Å². The average Bonchev–Trinajstić information content (AvgIpc) is 3.94. The molecular formula is C35H46F3N5O9S. The second-order valence-corrected chi connectivity index (χ2v) is 17.8. The number of alkyl carbamates (subject to hydrolysis) is 1. The van der Waals surface area contributed by atoms with Gasteiger partial charge in [-0.15, -0.1) is 0 Å². The molecular weight excluding hydrogens is 723 g/mol. The first-order chi connectivity index (χ1) is 24.8. The number of nitrogens with zero attached hydrogens (tertiary/aromatic N) is 2. The topological polar surface area (TPSA) is 181 Å². The number of fused-ring (bicyclic) bond motifs is 3. The molecule has 0 bridgehead atoms. The lowest BCUT2D eigenvalue weighted by molar-refractivity contribution is -0.141. The molecule has 3 heterocycles. The summed E-state index contributed by atoms with van der Waals surface area (Å²) in [6.07, 6.45) is -3.69. The number of alkyl halides is 2. The lowest BCUT2D eigenvalue weighted by atomic mass is 10.00. The summed E-state index contributed by atoms with van der Waals surface area (Å²) in [5.74, 6) is -6.97. The Kier molecular flexibility index (Phi) is 10.4. The van der Waals surface area contributed by atoms with Crippen LogP contribution in [0.2, 0.25) is 0 Å². The van der Waals surface area contributed by atoms with Crippen LogP contribution in [0.25, 0.3) is 0 Å². The number of benzene rings is 1. The summed E-state index contributed by atoms with van der Waals surface area (Å²) >= 11 is 0. The molecule has 14 nitrogen and oxygen atoms in total.